The molecule has 106 valence electrons. The SMILES string of the molecule is COc1ccc(C(CC(N)C(=O)O)N(C)C)cc1C. The van der Waals surface area contributed by atoms with Gasteiger partial charge in [0.05, 0.1) is 7.11 Å². The lowest BCUT2D eigenvalue weighted by molar-refractivity contribution is -0.139. The average molecular weight is 266 g/mol. The van der Waals surface area contributed by atoms with Crippen molar-refractivity contribution in [2.45, 2.75) is 25.4 Å². The summed E-state index contributed by atoms with van der Waals surface area (Å²) in [6, 6.07) is 4.96. The molecule has 0 radical (unpaired) electrons. The van der Waals surface area contributed by atoms with Crippen molar-refractivity contribution in [2.75, 3.05) is 21.2 Å². The van der Waals surface area contributed by atoms with Gasteiger partial charge in [-0.25, -0.2) is 0 Å². The molecular weight excluding hydrogens is 244 g/mol. The molecular formula is C14H22N2O3. The van der Waals surface area contributed by atoms with E-state index < -0.39 is 12.0 Å². The van der Waals surface area contributed by atoms with E-state index in [2.05, 4.69) is 0 Å². The molecule has 2 unspecified atom stereocenters. The smallest absolute Gasteiger partial charge is 0.320 e. The van der Waals surface area contributed by atoms with E-state index in [0.29, 0.717) is 6.42 Å². The van der Waals surface area contributed by atoms with E-state index in [1.165, 1.54) is 0 Å². The Hall–Kier alpha value is -1.59. The molecule has 1 aromatic carbocycles. The van der Waals surface area contributed by atoms with Gasteiger partial charge in [0.25, 0.3) is 0 Å². The molecule has 5 heteroatoms. The summed E-state index contributed by atoms with van der Waals surface area (Å²) in [6.07, 6.45) is 0.369. The fourth-order valence-electron chi connectivity index (χ4n) is 2.10. The van der Waals surface area contributed by atoms with E-state index in [0.717, 1.165) is 16.9 Å². The Morgan fingerprint density at radius 3 is 2.53 bits per heavy atom. The minimum atomic E-state index is -0.975. The number of benzene rings is 1. The van der Waals surface area contributed by atoms with Crippen LogP contribution < -0.4 is 10.5 Å². The van der Waals surface area contributed by atoms with Crippen LogP contribution in [0.1, 0.15) is 23.6 Å². The molecule has 3 N–H and O–H groups in total. The van der Waals surface area contributed by atoms with E-state index in [9.17, 15) is 4.79 Å². The highest BCUT2D eigenvalue weighted by Crippen LogP contribution is 2.27. The van der Waals surface area contributed by atoms with E-state index >= 15 is 0 Å². The van der Waals surface area contributed by atoms with Crippen molar-refractivity contribution in [1.29, 1.82) is 0 Å². The van der Waals surface area contributed by atoms with Crippen LogP contribution in [0, 0.1) is 6.92 Å². The standard InChI is InChI=1S/C14H22N2O3/c1-9-7-10(5-6-13(9)19-4)12(16(2)3)8-11(15)14(17)18/h5-7,11-12H,8,15H2,1-4H3,(H,17,18). The van der Waals surface area contributed by atoms with Crippen LogP contribution >= 0.6 is 0 Å². The predicted octanol–water partition coefficient (Wildman–Crippen LogP) is 1.41. The molecule has 0 saturated heterocycles. The Morgan fingerprint density at radius 2 is 2.11 bits per heavy atom. The number of rotatable bonds is 6. The molecule has 2 atom stereocenters. The number of ether oxygens (including phenoxy) is 1. The van der Waals surface area contributed by atoms with E-state index in [-0.39, 0.29) is 6.04 Å². The third-order valence-electron chi connectivity index (χ3n) is 3.22. The zero-order chi connectivity index (χ0) is 14.6. The maximum atomic E-state index is 10.9. The first kappa shape index (κ1) is 15.5. The van der Waals surface area contributed by atoms with Gasteiger partial charge in [0.1, 0.15) is 11.8 Å². The zero-order valence-corrected chi connectivity index (χ0v) is 11.9. The molecule has 0 heterocycles. The van der Waals surface area contributed by atoms with Gasteiger partial charge in [-0.1, -0.05) is 12.1 Å². The van der Waals surface area contributed by atoms with Gasteiger partial charge in [-0.2, -0.15) is 0 Å². The quantitative estimate of drug-likeness (QED) is 0.814. The van der Waals surface area contributed by atoms with Crippen LogP contribution in [0.3, 0.4) is 0 Å². The van der Waals surface area contributed by atoms with E-state index in [4.69, 9.17) is 15.6 Å². The van der Waals surface area contributed by atoms with Gasteiger partial charge < -0.3 is 20.5 Å². The van der Waals surface area contributed by atoms with Crippen molar-refractivity contribution in [1.82, 2.24) is 4.90 Å². The third kappa shape index (κ3) is 3.94. The van der Waals surface area contributed by atoms with Crippen LogP contribution in [-0.2, 0) is 4.79 Å². The van der Waals surface area contributed by atoms with Crippen molar-refractivity contribution >= 4 is 5.97 Å². The number of hydrogen-bond donors (Lipinski definition) is 2. The Bertz CT molecular complexity index is 446. The summed E-state index contributed by atoms with van der Waals surface area (Å²) in [5.41, 5.74) is 7.70. The molecule has 0 saturated carbocycles. The highest BCUT2D eigenvalue weighted by atomic mass is 16.5. The van der Waals surface area contributed by atoms with Crippen molar-refractivity contribution in [3.63, 3.8) is 0 Å². The highest BCUT2D eigenvalue weighted by molar-refractivity contribution is 5.73. The van der Waals surface area contributed by atoms with Crippen LogP contribution in [-0.4, -0.2) is 43.2 Å². The molecule has 0 aliphatic carbocycles. The number of carboxylic acid groups (broad SMARTS) is 1. The van der Waals surface area contributed by atoms with Gasteiger partial charge in [-0.05, 0) is 44.6 Å². The maximum absolute atomic E-state index is 10.9. The first-order chi connectivity index (χ1) is 8.86. The monoisotopic (exact) mass is 266 g/mol. The summed E-state index contributed by atoms with van der Waals surface area (Å²) in [5.74, 6) is -0.152. The zero-order valence-electron chi connectivity index (χ0n) is 11.9. The number of nitrogens with two attached hydrogens (primary N) is 1. The van der Waals surface area contributed by atoms with Crippen molar-refractivity contribution in [3.05, 3.63) is 29.3 Å². The lowest BCUT2D eigenvalue weighted by atomic mass is 9.97. The molecule has 0 aromatic heterocycles. The van der Waals surface area contributed by atoms with Crippen LogP contribution in [0.5, 0.6) is 5.75 Å². The summed E-state index contributed by atoms with van der Waals surface area (Å²) in [4.78, 5) is 12.9. The molecule has 1 rings (SSSR count). The van der Waals surface area contributed by atoms with Gasteiger partial charge >= 0.3 is 5.97 Å². The van der Waals surface area contributed by atoms with Gasteiger partial charge in [-0.3, -0.25) is 4.79 Å². The van der Waals surface area contributed by atoms with E-state index in [1.54, 1.807) is 7.11 Å². The second-order valence-electron chi connectivity index (χ2n) is 4.89. The summed E-state index contributed by atoms with van der Waals surface area (Å²) >= 11 is 0. The lowest BCUT2D eigenvalue weighted by Crippen LogP contribution is -2.35. The Kier molecular flexibility index (Phi) is 5.32. The minimum absolute atomic E-state index is 0.0318. The van der Waals surface area contributed by atoms with Gasteiger partial charge in [-0.15, -0.1) is 0 Å². The van der Waals surface area contributed by atoms with Crippen LogP contribution in [0.2, 0.25) is 0 Å². The number of carbonyl (C=O) groups is 1. The van der Waals surface area contributed by atoms with E-state index in [1.807, 2.05) is 44.1 Å². The van der Waals surface area contributed by atoms with Crippen LogP contribution in [0.15, 0.2) is 18.2 Å². The van der Waals surface area contributed by atoms with Crippen molar-refractivity contribution in [2.24, 2.45) is 5.73 Å². The Morgan fingerprint density at radius 1 is 1.47 bits per heavy atom. The van der Waals surface area contributed by atoms with Crippen LogP contribution in [0.4, 0.5) is 0 Å². The van der Waals surface area contributed by atoms with Crippen LogP contribution in [0.25, 0.3) is 0 Å². The molecule has 0 bridgehead atoms. The van der Waals surface area contributed by atoms with Gasteiger partial charge in [0, 0.05) is 6.04 Å². The number of nitrogens with zero attached hydrogens (tertiary/aromatic N) is 1. The minimum Gasteiger partial charge on any atom is -0.496 e. The van der Waals surface area contributed by atoms with Gasteiger partial charge in [0.15, 0.2) is 0 Å². The summed E-state index contributed by atoms with van der Waals surface area (Å²) in [6.45, 7) is 1.96. The van der Waals surface area contributed by atoms with Crippen molar-refractivity contribution in [3.8, 4) is 5.75 Å². The second-order valence-corrected chi connectivity index (χ2v) is 4.89. The maximum Gasteiger partial charge on any atom is 0.320 e. The second kappa shape index (κ2) is 6.54. The van der Waals surface area contributed by atoms with Gasteiger partial charge in [0.2, 0.25) is 0 Å². The largest absolute Gasteiger partial charge is 0.496 e. The molecule has 0 spiro atoms. The first-order valence-electron chi connectivity index (χ1n) is 6.16. The number of aliphatic carboxylic acids is 1. The Labute approximate surface area is 114 Å². The molecule has 1 aromatic rings. The number of hydrogen-bond acceptors (Lipinski definition) is 4. The molecule has 19 heavy (non-hydrogen) atoms. The average Bonchev–Trinajstić information content (AvgIpc) is 2.34. The molecule has 5 nitrogen and oxygen atoms in total. The topological polar surface area (TPSA) is 75.8 Å². The molecule has 0 aliphatic rings. The summed E-state index contributed by atoms with van der Waals surface area (Å²) < 4.78 is 5.23. The molecule has 0 aliphatic heterocycles. The number of aryl methyl sites for hydroxylation is 1. The Balaban J connectivity index is 2.99. The molecule has 0 fully saturated rings. The number of carboxylic acids is 1. The first-order valence-corrected chi connectivity index (χ1v) is 6.16. The fourth-order valence-corrected chi connectivity index (χ4v) is 2.10. The lowest BCUT2D eigenvalue weighted by Gasteiger charge is -2.26. The third-order valence-corrected chi connectivity index (χ3v) is 3.22. The normalized spacial score (nSPS) is 14.2. The van der Waals surface area contributed by atoms with Crippen molar-refractivity contribution < 1.29 is 14.6 Å². The predicted molar refractivity (Wildman–Crippen MR) is 74.4 cm³/mol. The highest BCUT2D eigenvalue weighted by Gasteiger charge is 2.22. The summed E-state index contributed by atoms with van der Waals surface area (Å²) in [7, 11) is 5.46. The summed E-state index contributed by atoms with van der Waals surface area (Å²) in [5, 5.41) is 8.93. The number of methoxy groups -OCH3 is 1. The molecule has 0 amide bonds. The fraction of sp³-hybridized carbons (Fsp3) is 0.500.